The Morgan fingerprint density at radius 2 is 1.41 bits per heavy atom. The highest BCUT2D eigenvalue weighted by Gasteiger charge is 2.23. The number of rotatable bonds is 7. The average molecular weight is 829 g/mol. The average Bonchev–Trinajstić information content (AvgIpc) is 3.34. The predicted molar refractivity (Wildman–Crippen MR) is 180 cm³/mol. The second-order valence-electron chi connectivity index (χ2n) is 11.3. The van der Waals surface area contributed by atoms with Crippen LogP contribution in [0.5, 0.6) is 0 Å². The summed E-state index contributed by atoms with van der Waals surface area (Å²) in [6.45, 7) is 11.9. The largest absolute Gasteiger partial charge is 0.383 e. The molecule has 4 rings (SSSR count). The van der Waals surface area contributed by atoms with Gasteiger partial charge in [0.2, 0.25) is 0 Å². The van der Waals surface area contributed by atoms with Crippen LogP contribution in [0, 0.1) is 18.2 Å². The third-order valence-corrected chi connectivity index (χ3v) is 8.33. The van der Waals surface area contributed by atoms with Crippen molar-refractivity contribution < 1.29 is 0 Å². The Kier molecular flexibility index (Phi) is 12.5. The van der Waals surface area contributed by atoms with Crippen molar-refractivity contribution in [1.29, 1.82) is 0 Å². The number of aromatic nitrogens is 8. The zero-order chi connectivity index (χ0) is 29.5. The summed E-state index contributed by atoms with van der Waals surface area (Å²) in [6, 6.07) is 0. The van der Waals surface area contributed by atoms with E-state index in [0.29, 0.717) is 22.7 Å². The lowest BCUT2D eigenvalue weighted by atomic mass is 9.93. The molecule has 0 aliphatic rings. The molecule has 15 heteroatoms. The number of fused-ring (bicyclic) bond motifs is 2. The first kappa shape index (κ1) is 33.8. The number of nitrogens with zero attached hydrogens (tertiary/aromatic N) is 9. The van der Waals surface area contributed by atoms with E-state index in [1.807, 2.05) is 4.68 Å². The van der Waals surface area contributed by atoms with Crippen molar-refractivity contribution in [1.82, 2.24) is 49.7 Å². The normalized spacial score (nSPS) is 12.0. The van der Waals surface area contributed by atoms with Gasteiger partial charge in [-0.05, 0) is 84.2 Å². The molecule has 4 heterocycles. The molecule has 12 nitrogen and oxygen atoms in total. The summed E-state index contributed by atoms with van der Waals surface area (Å²) >= 11 is 7.75. The Morgan fingerprint density at radius 1 is 0.872 bits per heavy atom. The summed E-state index contributed by atoms with van der Waals surface area (Å²) in [5, 5.41) is 13.9. The van der Waals surface area contributed by atoms with Gasteiger partial charge < -0.3 is 21.3 Å². The van der Waals surface area contributed by atoms with Crippen LogP contribution in [0.25, 0.3) is 22.1 Å². The minimum atomic E-state index is 0.102. The number of hydrogen-bond donors (Lipinski definition) is 3. The van der Waals surface area contributed by atoms with E-state index in [1.165, 1.54) is 12.7 Å². The summed E-state index contributed by atoms with van der Waals surface area (Å²) in [6.07, 6.45) is 2.89. The van der Waals surface area contributed by atoms with Crippen LogP contribution in [0.4, 0.5) is 11.6 Å². The molecule has 0 aliphatic carbocycles. The Labute approximate surface area is 265 Å². The lowest BCUT2D eigenvalue weighted by Gasteiger charge is -2.28. The van der Waals surface area contributed by atoms with Gasteiger partial charge in [-0.2, -0.15) is 10.2 Å². The van der Waals surface area contributed by atoms with Gasteiger partial charge in [-0.3, -0.25) is 5.10 Å². The fraction of sp³-hybridized carbons (Fsp3) is 0.583. The first-order valence-electron chi connectivity index (χ1n) is 12.1. The SMILES string of the molecule is CN(C)CC(C)(C)CBr.CN(C)CC(C)(C)Cn1nc(I)c2c(N)ncnc21.Nc1ncnc2n[nH]c(I)c12. The van der Waals surface area contributed by atoms with Crippen molar-refractivity contribution in [2.75, 3.05) is 58.1 Å². The van der Waals surface area contributed by atoms with Crippen molar-refractivity contribution in [2.45, 2.75) is 34.2 Å². The molecule has 4 aromatic heterocycles. The monoisotopic (exact) mass is 828 g/mol. The second kappa shape index (κ2) is 14.5. The minimum absolute atomic E-state index is 0.102. The van der Waals surface area contributed by atoms with E-state index in [4.69, 9.17) is 11.5 Å². The summed E-state index contributed by atoms with van der Waals surface area (Å²) in [4.78, 5) is 20.5. The highest BCUT2D eigenvalue weighted by molar-refractivity contribution is 14.1. The lowest BCUT2D eigenvalue weighted by Crippen LogP contribution is -2.32. The maximum absolute atomic E-state index is 5.90. The summed E-state index contributed by atoms with van der Waals surface area (Å²) in [5.74, 6) is 0.958. The molecule has 0 bridgehead atoms. The van der Waals surface area contributed by atoms with Crippen molar-refractivity contribution in [3.63, 3.8) is 0 Å². The van der Waals surface area contributed by atoms with Gasteiger partial charge in [0.25, 0.3) is 0 Å². The van der Waals surface area contributed by atoms with E-state index in [9.17, 15) is 0 Å². The maximum Gasteiger partial charge on any atom is 0.187 e. The molecule has 0 spiro atoms. The molecule has 0 saturated carbocycles. The molecule has 216 valence electrons. The topological polar surface area (TPSA) is 157 Å². The molecule has 0 radical (unpaired) electrons. The summed E-state index contributed by atoms with van der Waals surface area (Å²) < 4.78 is 3.65. The molecule has 0 atom stereocenters. The Morgan fingerprint density at radius 3 is 1.92 bits per heavy atom. The molecule has 39 heavy (non-hydrogen) atoms. The highest BCUT2D eigenvalue weighted by atomic mass is 127. The zero-order valence-corrected chi connectivity index (χ0v) is 29.7. The first-order chi connectivity index (χ1) is 18.1. The van der Waals surface area contributed by atoms with Gasteiger partial charge in [-0.15, -0.1) is 0 Å². The van der Waals surface area contributed by atoms with Gasteiger partial charge >= 0.3 is 0 Å². The molecule has 0 amide bonds. The smallest absolute Gasteiger partial charge is 0.187 e. The number of hydrogen-bond acceptors (Lipinski definition) is 10. The molecule has 0 aromatic carbocycles. The van der Waals surface area contributed by atoms with E-state index in [1.54, 1.807) is 0 Å². The van der Waals surface area contributed by atoms with Crippen molar-refractivity contribution in [3.8, 4) is 0 Å². The number of H-pyrrole nitrogens is 1. The van der Waals surface area contributed by atoms with Crippen molar-refractivity contribution in [3.05, 3.63) is 20.1 Å². The first-order valence-corrected chi connectivity index (χ1v) is 15.4. The van der Waals surface area contributed by atoms with Gasteiger partial charge in [0.15, 0.2) is 11.3 Å². The summed E-state index contributed by atoms with van der Waals surface area (Å²) in [7, 11) is 8.36. The molecule has 0 fully saturated rings. The third-order valence-electron chi connectivity index (χ3n) is 5.28. The van der Waals surface area contributed by atoms with Gasteiger partial charge in [0.1, 0.15) is 31.7 Å². The van der Waals surface area contributed by atoms with Gasteiger partial charge in [-0.1, -0.05) is 43.6 Å². The van der Waals surface area contributed by atoms with E-state index in [0.717, 1.165) is 48.8 Å². The number of nitrogens with two attached hydrogens (primary N) is 2. The number of halogens is 3. The number of alkyl halides is 1. The van der Waals surface area contributed by atoms with Crippen molar-refractivity contribution >= 4 is 94.8 Å². The number of nitrogen functional groups attached to an aromatic ring is 2. The van der Waals surface area contributed by atoms with E-state index in [2.05, 4.69) is 162 Å². The number of anilines is 2. The van der Waals surface area contributed by atoms with Crippen LogP contribution in [0.15, 0.2) is 12.7 Å². The summed E-state index contributed by atoms with van der Waals surface area (Å²) in [5.41, 5.74) is 13.4. The predicted octanol–water partition coefficient (Wildman–Crippen LogP) is 4.11. The Balaban J connectivity index is 0.000000226. The van der Waals surface area contributed by atoms with E-state index < -0.39 is 0 Å². The van der Waals surface area contributed by atoms with Crippen molar-refractivity contribution in [2.24, 2.45) is 10.8 Å². The highest BCUT2D eigenvalue weighted by Crippen LogP contribution is 2.26. The van der Waals surface area contributed by atoms with Gasteiger partial charge in [-0.25, -0.2) is 24.6 Å². The Bertz CT molecular complexity index is 1350. The molecule has 5 N–H and O–H groups in total. The van der Waals surface area contributed by atoms with Crippen LogP contribution in [-0.2, 0) is 6.54 Å². The number of aromatic amines is 1. The molecule has 0 aliphatic heterocycles. The standard InChI is InChI=1S/C12H19IN6.C7H16BrN.C5H4IN5/c1-12(2,5-18(3)4)6-19-11-8(9(13)17-19)10(14)15-7-16-11;1-7(2,5-8)6-9(3)4;6-3-2-4(7)8-1-9-5(2)11-10-3/h7H,5-6H2,1-4H3,(H2,14,15,16);5-6H2,1-4H3;1H,(H3,7,8,9,10,11). The second-order valence-corrected chi connectivity index (χ2v) is 14.0. The van der Waals surface area contributed by atoms with Gasteiger partial charge in [0, 0.05) is 25.0 Å². The molecule has 4 aromatic rings. The minimum Gasteiger partial charge on any atom is -0.383 e. The lowest BCUT2D eigenvalue weighted by molar-refractivity contribution is 0.206. The van der Waals surface area contributed by atoms with Crippen LogP contribution in [0.1, 0.15) is 27.7 Å². The fourth-order valence-corrected chi connectivity index (χ4v) is 5.74. The van der Waals surface area contributed by atoms with Crippen LogP contribution in [-0.4, -0.2) is 96.3 Å². The van der Waals surface area contributed by atoms with Crippen LogP contribution in [0.2, 0.25) is 0 Å². The van der Waals surface area contributed by atoms with E-state index in [-0.39, 0.29) is 5.41 Å². The molecule has 0 saturated heterocycles. The third kappa shape index (κ3) is 10.2. The Hall–Kier alpha value is -1.44. The maximum atomic E-state index is 5.90. The number of nitrogens with one attached hydrogen (secondary N) is 1. The fourth-order valence-electron chi connectivity index (χ4n) is 4.15. The quantitative estimate of drug-likeness (QED) is 0.183. The molecular weight excluding hydrogens is 790 g/mol. The van der Waals surface area contributed by atoms with Crippen LogP contribution < -0.4 is 11.5 Å². The molecular formula is C24H39BrI2N12. The zero-order valence-electron chi connectivity index (χ0n) is 23.8. The van der Waals surface area contributed by atoms with Crippen LogP contribution in [0.3, 0.4) is 0 Å². The van der Waals surface area contributed by atoms with Crippen LogP contribution >= 0.6 is 61.1 Å². The molecule has 0 unspecified atom stereocenters. The van der Waals surface area contributed by atoms with Gasteiger partial charge in [0.05, 0.1) is 10.8 Å². The van der Waals surface area contributed by atoms with E-state index >= 15 is 0 Å².